The summed E-state index contributed by atoms with van der Waals surface area (Å²) in [7, 11) is 0. The number of halogens is 2. The van der Waals surface area contributed by atoms with E-state index in [9.17, 15) is 0 Å². The second-order valence-corrected chi connectivity index (χ2v) is 19.4. The van der Waals surface area contributed by atoms with Crippen molar-refractivity contribution >= 4 is 47.8 Å². The van der Waals surface area contributed by atoms with Gasteiger partial charge in [-0.2, -0.15) is 6.08 Å². The number of hydrogen-bond donors (Lipinski definition) is 0. The molecule has 0 saturated carbocycles. The molecule has 5 heteroatoms. The first-order valence-corrected chi connectivity index (χ1v) is 19.1. The van der Waals surface area contributed by atoms with E-state index >= 15 is 0 Å². The molecule has 0 nitrogen and oxygen atoms in total. The molecular formula is C7H17Br2HfSi2-3. The van der Waals surface area contributed by atoms with Crippen LogP contribution in [-0.4, -0.2) is 13.9 Å². The molecule has 1 aliphatic rings. The number of allylic oxidation sites excluding steroid dienone is 4. The number of hydrogen-bond acceptors (Lipinski definition) is 0. The van der Waals surface area contributed by atoms with Gasteiger partial charge >= 0.3 is 34.0 Å². The zero-order valence-corrected chi connectivity index (χ0v) is 17.5. The van der Waals surface area contributed by atoms with Gasteiger partial charge in [-0.1, -0.05) is 0 Å². The quantitative estimate of drug-likeness (QED) is 0.353. The summed E-state index contributed by atoms with van der Waals surface area (Å²) in [5, 5.41) is 0. The van der Waals surface area contributed by atoms with Gasteiger partial charge in [0.2, 0.25) is 0 Å². The van der Waals surface area contributed by atoms with Gasteiger partial charge < -0.3 is 14.9 Å². The molecule has 0 spiro atoms. The van der Waals surface area contributed by atoms with Crippen molar-refractivity contribution in [2.24, 2.45) is 0 Å². The van der Waals surface area contributed by atoms with Crippen LogP contribution in [0.1, 0.15) is 6.42 Å². The molecule has 0 bridgehead atoms. The normalized spacial score (nSPS) is 8.00. The van der Waals surface area contributed by atoms with Gasteiger partial charge in [0.1, 0.15) is 0 Å². The fourth-order valence-electron chi connectivity index (χ4n) is 0.340. The Kier molecular flexibility index (Phi) is 71.3. The Morgan fingerprint density at radius 1 is 1.17 bits per heavy atom. The van der Waals surface area contributed by atoms with E-state index in [2.05, 4.69) is 26.0 Å². The second-order valence-electron chi connectivity index (χ2n) is 1.25. The molecule has 12 heavy (non-hydrogen) atoms. The molecule has 0 aromatic heterocycles. The van der Waals surface area contributed by atoms with Crippen LogP contribution in [0.25, 0.3) is 0 Å². The maximum atomic E-state index is 2.99. The van der Waals surface area contributed by atoms with Gasteiger partial charge in [-0.15, -0.1) is 40.4 Å². The molecule has 1 rings (SSSR count). The van der Waals surface area contributed by atoms with E-state index in [-0.39, 0.29) is 69.0 Å². The van der Waals surface area contributed by atoms with E-state index < -0.39 is 0 Å². The first-order valence-electron chi connectivity index (χ1n) is 2.42. The molecule has 0 heterocycles. The van der Waals surface area contributed by atoms with Gasteiger partial charge in [0, 0.05) is 0 Å². The van der Waals surface area contributed by atoms with Crippen molar-refractivity contribution in [3.8, 4) is 0 Å². The molecule has 0 fully saturated rings. The van der Waals surface area contributed by atoms with Crippen LogP contribution in [0.3, 0.4) is 0 Å². The molecule has 0 N–H and O–H groups in total. The zero-order valence-electron chi connectivity index (χ0n) is 7.67. The van der Waals surface area contributed by atoms with Gasteiger partial charge in [0.25, 0.3) is 0 Å². The summed E-state index contributed by atoms with van der Waals surface area (Å²) in [5.41, 5.74) is 0. The Morgan fingerprint density at radius 2 is 1.58 bits per heavy atom. The van der Waals surface area contributed by atoms with Gasteiger partial charge in [-0.25, -0.2) is 12.2 Å². The average Bonchev–Trinajstić information content (AvgIpc) is 2.17. The van der Waals surface area contributed by atoms with Gasteiger partial charge in [-0.05, 0) is 0 Å². The average molecular weight is 496 g/mol. The molecular weight excluding hydrogens is 479 g/mol. The summed E-state index contributed by atoms with van der Waals surface area (Å²) in [6.45, 7) is 4.36. The SMILES string of the molecule is Br.Br.[C-]1=CC=CC1.[CH3-].[CH3-].[SiH2]=[Hf]=[SiH2]. The number of rotatable bonds is 0. The summed E-state index contributed by atoms with van der Waals surface area (Å²) < 4.78 is 0. The van der Waals surface area contributed by atoms with Gasteiger partial charge in [-0.3, -0.25) is 6.08 Å². The molecule has 0 radical (unpaired) electrons. The molecule has 0 atom stereocenters. The Labute approximate surface area is 112 Å². The molecule has 0 aromatic carbocycles. The fourth-order valence-corrected chi connectivity index (χ4v) is 0.340. The van der Waals surface area contributed by atoms with Crippen LogP contribution in [0, 0.1) is 20.9 Å². The van der Waals surface area contributed by atoms with E-state index in [0.29, 0.717) is 0 Å². The van der Waals surface area contributed by atoms with Crippen molar-refractivity contribution in [2.45, 2.75) is 6.42 Å². The molecule has 0 amide bonds. The summed E-state index contributed by atoms with van der Waals surface area (Å²) in [6.07, 6.45) is 10.0. The van der Waals surface area contributed by atoms with Crippen molar-refractivity contribution < 1.29 is 20.2 Å². The summed E-state index contributed by atoms with van der Waals surface area (Å²) >= 11 is 0.139. The first-order chi connectivity index (χ1) is 3.91. The second kappa shape index (κ2) is 29.3. The molecule has 0 aliphatic heterocycles. The summed E-state index contributed by atoms with van der Waals surface area (Å²) in [6, 6.07) is 0. The predicted molar refractivity (Wildman–Crippen MR) is 72.1 cm³/mol. The van der Waals surface area contributed by atoms with E-state index in [4.69, 9.17) is 0 Å². The maximum absolute atomic E-state index is 2.99. The van der Waals surface area contributed by atoms with Crippen LogP contribution < -0.4 is 0 Å². The topological polar surface area (TPSA) is 0 Å². The molecule has 0 aromatic rings. The van der Waals surface area contributed by atoms with Crippen LogP contribution >= 0.6 is 34.0 Å². The minimum absolute atomic E-state index is 0. The van der Waals surface area contributed by atoms with Gasteiger partial charge in [0.05, 0.1) is 0 Å². The molecule has 1 aliphatic carbocycles. The van der Waals surface area contributed by atoms with Crippen molar-refractivity contribution in [3.63, 3.8) is 0 Å². The van der Waals surface area contributed by atoms with E-state index in [0.717, 1.165) is 6.42 Å². The third-order valence-corrected chi connectivity index (χ3v) is 0.586. The van der Waals surface area contributed by atoms with Crippen molar-refractivity contribution in [1.82, 2.24) is 0 Å². The Bertz CT molecular complexity index is 130. The van der Waals surface area contributed by atoms with E-state index in [1.807, 2.05) is 12.2 Å². The van der Waals surface area contributed by atoms with E-state index in [1.54, 1.807) is 0 Å². The summed E-state index contributed by atoms with van der Waals surface area (Å²) in [5.74, 6) is 0. The summed E-state index contributed by atoms with van der Waals surface area (Å²) in [4.78, 5) is 0. The van der Waals surface area contributed by atoms with Gasteiger partial charge in [0.15, 0.2) is 0 Å². The third-order valence-electron chi connectivity index (χ3n) is 0.586. The Morgan fingerprint density at radius 3 is 1.67 bits per heavy atom. The minimum atomic E-state index is 0. The monoisotopic (exact) mass is 495 g/mol. The molecule has 0 unspecified atom stereocenters. The Balaban J connectivity index is -0.0000000219. The van der Waals surface area contributed by atoms with Crippen LogP contribution in [0.4, 0.5) is 0 Å². The predicted octanol–water partition coefficient (Wildman–Crippen LogP) is 1.53. The van der Waals surface area contributed by atoms with Crippen molar-refractivity contribution in [1.29, 1.82) is 0 Å². The fraction of sp³-hybridized carbons (Fsp3) is 0.143. The zero-order chi connectivity index (χ0) is 6.24. The van der Waals surface area contributed by atoms with E-state index in [1.165, 1.54) is 0 Å². The van der Waals surface area contributed by atoms with Crippen molar-refractivity contribution in [3.05, 3.63) is 39.2 Å². The third kappa shape index (κ3) is 29.8. The first kappa shape index (κ1) is 29.2. The molecule has 74 valence electrons. The van der Waals surface area contributed by atoms with Crippen LogP contribution in [0.15, 0.2) is 18.2 Å². The van der Waals surface area contributed by atoms with Crippen LogP contribution in [0.5, 0.6) is 0 Å². The van der Waals surface area contributed by atoms with Crippen molar-refractivity contribution in [2.75, 3.05) is 0 Å². The van der Waals surface area contributed by atoms with Crippen LogP contribution in [-0.2, 0) is 20.2 Å². The molecule has 0 saturated heterocycles. The Hall–Kier alpha value is 1.74. The van der Waals surface area contributed by atoms with Crippen LogP contribution in [0.2, 0.25) is 0 Å². The standard InChI is InChI=1S/C5H5.2CH3.2BrH.Hf.2H2Si/c1-2-4-5-3-1;;;;;;;/h1-3H,4H2;2*1H3;2*1H;;2*1H2/q3*-1;;;;;.